The third-order valence-corrected chi connectivity index (χ3v) is 5.49. The Bertz CT molecular complexity index is 881. The summed E-state index contributed by atoms with van der Waals surface area (Å²) >= 11 is 0. The van der Waals surface area contributed by atoms with Crippen LogP contribution in [0.5, 0.6) is 0 Å². The highest BCUT2D eigenvalue weighted by Gasteiger charge is 2.40. The third-order valence-electron chi connectivity index (χ3n) is 5.49. The summed E-state index contributed by atoms with van der Waals surface area (Å²) in [7, 11) is 0. The number of benzene rings is 1. The van der Waals surface area contributed by atoms with Gasteiger partial charge in [0.2, 0.25) is 0 Å². The normalized spacial score (nSPS) is 18.0. The van der Waals surface area contributed by atoms with Crippen LogP contribution in [-0.2, 0) is 15.9 Å². The Kier molecular flexibility index (Phi) is 5.60. The van der Waals surface area contributed by atoms with E-state index < -0.39 is 5.79 Å². The van der Waals surface area contributed by atoms with Gasteiger partial charge < -0.3 is 19.7 Å². The summed E-state index contributed by atoms with van der Waals surface area (Å²) in [5.74, 6) is -0.969. The maximum atomic E-state index is 12.9. The van der Waals surface area contributed by atoms with Gasteiger partial charge in [-0.05, 0) is 36.2 Å². The number of hydrogen-bond donors (Lipinski definition) is 1. The van der Waals surface area contributed by atoms with Gasteiger partial charge in [-0.2, -0.15) is 0 Å². The van der Waals surface area contributed by atoms with Crippen LogP contribution in [0, 0.1) is 0 Å². The highest BCUT2D eigenvalue weighted by Crippen LogP contribution is 2.31. The SMILES string of the molecule is CCc1ccc(NC(=O)c2cc(C(=O)N3CCC4(CC3)OCCO4)ccn2)cc1. The lowest BCUT2D eigenvalue weighted by Gasteiger charge is -2.37. The van der Waals surface area contributed by atoms with Gasteiger partial charge >= 0.3 is 0 Å². The standard InChI is InChI=1S/C22H25N3O4/c1-2-16-3-5-18(6-4-16)24-20(26)19-15-17(7-10-23-19)21(27)25-11-8-22(9-12-25)28-13-14-29-22/h3-7,10,15H,2,8-9,11-14H2,1H3,(H,24,26). The molecule has 4 rings (SSSR count). The highest BCUT2D eigenvalue weighted by molar-refractivity contribution is 6.04. The second-order valence-corrected chi connectivity index (χ2v) is 7.33. The van der Waals surface area contributed by atoms with E-state index in [2.05, 4.69) is 17.2 Å². The fourth-order valence-electron chi connectivity index (χ4n) is 3.73. The topological polar surface area (TPSA) is 80.8 Å². The molecule has 7 heteroatoms. The zero-order valence-corrected chi connectivity index (χ0v) is 16.5. The van der Waals surface area contributed by atoms with Crippen LogP contribution in [0.1, 0.15) is 46.2 Å². The number of nitrogens with one attached hydrogen (secondary N) is 1. The van der Waals surface area contributed by atoms with Crippen LogP contribution in [0.4, 0.5) is 5.69 Å². The molecule has 7 nitrogen and oxygen atoms in total. The predicted molar refractivity (Wildman–Crippen MR) is 108 cm³/mol. The summed E-state index contributed by atoms with van der Waals surface area (Å²) in [6.07, 6.45) is 3.75. The summed E-state index contributed by atoms with van der Waals surface area (Å²) in [4.78, 5) is 31.4. The summed E-state index contributed by atoms with van der Waals surface area (Å²) in [5, 5.41) is 2.83. The maximum Gasteiger partial charge on any atom is 0.274 e. The molecule has 0 bridgehead atoms. The number of carbonyl (C=O) groups is 2. The molecule has 0 radical (unpaired) electrons. The van der Waals surface area contributed by atoms with E-state index in [1.54, 1.807) is 17.0 Å². The molecule has 1 aromatic heterocycles. The smallest absolute Gasteiger partial charge is 0.274 e. The van der Waals surface area contributed by atoms with Crippen LogP contribution >= 0.6 is 0 Å². The van der Waals surface area contributed by atoms with E-state index in [4.69, 9.17) is 9.47 Å². The van der Waals surface area contributed by atoms with Crippen molar-refractivity contribution in [3.05, 3.63) is 59.4 Å². The number of hydrogen-bond acceptors (Lipinski definition) is 5. The lowest BCUT2D eigenvalue weighted by atomic mass is 10.0. The van der Waals surface area contributed by atoms with Crippen molar-refractivity contribution in [1.82, 2.24) is 9.88 Å². The van der Waals surface area contributed by atoms with Gasteiger partial charge in [0.1, 0.15) is 5.69 Å². The van der Waals surface area contributed by atoms with Gasteiger partial charge in [0, 0.05) is 43.4 Å². The number of ether oxygens (including phenoxy) is 2. The first-order valence-electron chi connectivity index (χ1n) is 10.0. The number of nitrogens with zero attached hydrogens (tertiary/aromatic N) is 2. The molecule has 2 fully saturated rings. The Morgan fingerprint density at radius 1 is 1.10 bits per heavy atom. The molecule has 0 aliphatic carbocycles. The lowest BCUT2D eigenvalue weighted by molar-refractivity contribution is -0.181. The molecule has 1 spiro atoms. The fraction of sp³-hybridized carbons (Fsp3) is 0.409. The lowest BCUT2D eigenvalue weighted by Crippen LogP contribution is -2.47. The minimum Gasteiger partial charge on any atom is -0.347 e. The fourth-order valence-corrected chi connectivity index (χ4v) is 3.73. The minimum absolute atomic E-state index is 0.110. The Morgan fingerprint density at radius 3 is 2.45 bits per heavy atom. The minimum atomic E-state index is -0.520. The van der Waals surface area contributed by atoms with Crippen LogP contribution < -0.4 is 5.32 Å². The molecule has 0 unspecified atom stereocenters. The second kappa shape index (κ2) is 8.31. The van der Waals surface area contributed by atoms with Crippen molar-refractivity contribution in [3.8, 4) is 0 Å². The molecule has 152 valence electrons. The summed E-state index contributed by atoms with van der Waals surface area (Å²) in [6.45, 7) is 4.42. The number of anilines is 1. The quantitative estimate of drug-likeness (QED) is 0.861. The number of piperidine rings is 1. The van der Waals surface area contributed by atoms with Gasteiger partial charge in [-0.1, -0.05) is 19.1 Å². The van der Waals surface area contributed by atoms with Crippen LogP contribution in [0.3, 0.4) is 0 Å². The van der Waals surface area contributed by atoms with Gasteiger partial charge in [0.15, 0.2) is 5.79 Å². The van der Waals surface area contributed by atoms with Gasteiger partial charge in [-0.15, -0.1) is 0 Å². The number of aromatic nitrogens is 1. The summed E-state index contributed by atoms with van der Waals surface area (Å²) in [6, 6.07) is 10.9. The Balaban J connectivity index is 1.41. The van der Waals surface area contributed by atoms with E-state index in [1.165, 1.54) is 11.8 Å². The second-order valence-electron chi connectivity index (χ2n) is 7.33. The van der Waals surface area contributed by atoms with Crippen molar-refractivity contribution in [2.24, 2.45) is 0 Å². The summed E-state index contributed by atoms with van der Waals surface area (Å²) < 4.78 is 11.4. The largest absolute Gasteiger partial charge is 0.347 e. The predicted octanol–water partition coefficient (Wildman–Crippen LogP) is 2.88. The van der Waals surface area contributed by atoms with Crippen molar-refractivity contribution < 1.29 is 19.1 Å². The number of aryl methyl sites for hydroxylation is 1. The van der Waals surface area contributed by atoms with Crippen LogP contribution in [0.15, 0.2) is 42.6 Å². The van der Waals surface area contributed by atoms with Crippen LogP contribution in [-0.4, -0.2) is 53.8 Å². The molecule has 29 heavy (non-hydrogen) atoms. The first-order valence-corrected chi connectivity index (χ1v) is 10.0. The van der Waals surface area contributed by atoms with E-state index in [1.807, 2.05) is 24.3 Å². The Hall–Kier alpha value is -2.77. The number of pyridine rings is 1. The van der Waals surface area contributed by atoms with E-state index in [0.717, 1.165) is 6.42 Å². The molecule has 0 saturated carbocycles. The monoisotopic (exact) mass is 395 g/mol. The Morgan fingerprint density at radius 2 is 1.79 bits per heavy atom. The van der Waals surface area contributed by atoms with Crippen molar-refractivity contribution in [3.63, 3.8) is 0 Å². The molecule has 3 heterocycles. The van der Waals surface area contributed by atoms with Crippen molar-refractivity contribution in [1.29, 1.82) is 0 Å². The molecular weight excluding hydrogens is 370 g/mol. The van der Waals surface area contributed by atoms with Crippen molar-refractivity contribution in [2.45, 2.75) is 32.0 Å². The van der Waals surface area contributed by atoms with Crippen LogP contribution in [0.2, 0.25) is 0 Å². The van der Waals surface area contributed by atoms with Gasteiger partial charge in [0.25, 0.3) is 11.8 Å². The van der Waals surface area contributed by atoms with Crippen molar-refractivity contribution >= 4 is 17.5 Å². The van der Waals surface area contributed by atoms with E-state index >= 15 is 0 Å². The average molecular weight is 395 g/mol. The highest BCUT2D eigenvalue weighted by atomic mass is 16.7. The van der Waals surface area contributed by atoms with Gasteiger partial charge in [0.05, 0.1) is 13.2 Å². The zero-order chi connectivity index (χ0) is 20.3. The Labute approximate surface area is 170 Å². The maximum absolute atomic E-state index is 12.9. The number of amides is 2. The molecule has 2 saturated heterocycles. The average Bonchev–Trinajstić information content (AvgIpc) is 3.22. The number of rotatable bonds is 4. The summed E-state index contributed by atoms with van der Waals surface area (Å²) in [5.41, 5.74) is 2.57. The van der Waals surface area contributed by atoms with E-state index in [9.17, 15) is 9.59 Å². The van der Waals surface area contributed by atoms with Crippen molar-refractivity contribution in [2.75, 3.05) is 31.6 Å². The van der Waals surface area contributed by atoms with E-state index in [0.29, 0.717) is 50.4 Å². The first kappa shape index (κ1) is 19.5. The number of likely N-dealkylation sites (tertiary alicyclic amines) is 1. The molecule has 2 aromatic rings. The molecular formula is C22H25N3O4. The number of carbonyl (C=O) groups excluding carboxylic acids is 2. The molecule has 0 atom stereocenters. The molecule has 1 aromatic carbocycles. The molecule has 1 N–H and O–H groups in total. The molecule has 2 aliphatic rings. The first-order chi connectivity index (χ1) is 14.1. The van der Waals surface area contributed by atoms with Crippen LogP contribution in [0.25, 0.3) is 0 Å². The third kappa shape index (κ3) is 4.31. The molecule has 2 aliphatic heterocycles. The molecule has 2 amide bonds. The van der Waals surface area contributed by atoms with Gasteiger partial charge in [-0.25, -0.2) is 0 Å². The zero-order valence-electron chi connectivity index (χ0n) is 16.5. The van der Waals surface area contributed by atoms with Gasteiger partial charge in [-0.3, -0.25) is 14.6 Å². The van der Waals surface area contributed by atoms with E-state index in [-0.39, 0.29) is 17.5 Å².